The Labute approximate surface area is 163 Å². The van der Waals surface area contributed by atoms with Gasteiger partial charge >= 0.3 is 11.9 Å². The molecule has 1 aromatic carbocycles. The minimum atomic E-state index is -1.12. The van der Waals surface area contributed by atoms with Gasteiger partial charge in [-0.25, -0.2) is 18.4 Å². The highest BCUT2D eigenvalue weighted by atomic mass is 32.1. The number of ether oxygens (including phenoxy) is 2. The number of benzene rings is 1. The van der Waals surface area contributed by atoms with Gasteiger partial charge in [-0.2, -0.15) is 8.78 Å². The molecule has 0 radical (unpaired) electrons. The van der Waals surface area contributed by atoms with Gasteiger partial charge in [0.15, 0.2) is 11.6 Å². The van der Waals surface area contributed by atoms with Gasteiger partial charge in [0.05, 0.1) is 25.3 Å². The summed E-state index contributed by atoms with van der Waals surface area (Å²) in [6.07, 6.45) is 0. The van der Waals surface area contributed by atoms with Gasteiger partial charge in [0.25, 0.3) is 0 Å². The lowest BCUT2D eigenvalue weighted by atomic mass is 9.96. The summed E-state index contributed by atoms with van der Waals surface area (Å²) in [6.45, 7) is 0. The molecule has 2 heterocycles. The van der Waals surface area contributed by atoms with Crippen molar-refractivity contribution in [1.82, 2.24) is 0 Å². The van der Waals surface area contributed by atoms with E-state index >= 15 is 0 Å². The van der Waals surface area contributed by atoms with Crippen LogP contribution in [0.2, 0.25) is 0 Å². The molecule has 0 unspecified atom stereocenters. The molecule has 0 bridgehead atoms. The van der Waals surface area contributed by atoms with Crippen molar-refractivity contribution in [2.24, 2.45) is 0 Å². The van der Waals surface area contributed by atoms with Gasteiger partial charge in [-0.05, 0) is 24.3 Å². The lowest BCUT2D eigenvalue weighted by Crippen LogP contribution is -2.09. The zero-order chi connectivity index (χ0) is 20.6. The second kappa shape index (κ2) is 7.72. The Hall–Kier alpha value is -2.72. The second-order valence-electron chi connectivity index (χ2n) is 5.39. The van der Waals surface area contributed by atoms with E-state index in [-0.39, 0.29) is 32.0 Å². The third-order valence-electron chi connectivity index (χ3n) is 3.79. The maximum absolute atomic E-state index is 13.5. The highest BCUT2D eigenvalue weighted by Crippen LogP contribution is 2.39. The molecule has 0 fully saturated rings. The van der Waals surface area contributed by atoms with Crippen LogP contribution in [0.3, 0.4) is 0 Å². The first-order valence-corrected chi connectivity index (χ1v) is 9.15. The number of halogens is 4. The highest BCUT2D eigenvalue weighted by Gasteiger charge is 2.25. The van der Waals surface area contributed by atoms with Gasteiger partial charge in [-0.15, -0.1) is 22.7 Å². The van der Waals surface area contributed by atoms with Crippen LogP contribution in [0.15, 0.2) is 24.3 Å². The lowest BCUT2D eigenvalue weighted by molar-refractivity contribution is 0.0588. The molecule has 28 heavy (non-hydrogen) atoms. The molecule has 0 saturated carbocycles. The topological polar surface area (TPSA) is 52.6 Å². The minimum absolute atomic E-state index is 0.0151. The van der Waals surface area contributed by atoms with Crippen LogP contribution in [0.4, 0.5) is 17.6 Å². The Balaban J connectivity index is 2.34. The molecule has 0 atom stereocenters. The van der Waals surface area contributed by atoms with Crippen molar-refractivity contribution in [3.05, 3.63) is 57.3 Å². The van der Waals surface area contributed by atoms with E-state index < -0.39 is 33.8 Å². The van der Waals surface area contributed by atoms with E-state index in [0.717, 1.165) is 26.4 Å². The number of esters is 2. The molecule has 0 aliphatic rings. The highest BCUT2D eigenvalue weighted by molar-refractivity contribution is 7.14. The minimum Gasteiger partial charge on any atom is -0.465 e. The third kappa shape index (κ3) is 3.52. The van der Waals surface area contributed by atoms with Gasteiger partial charge < -0.3 is 9.47 Å². The molecule has 0 aliphatic carbocycles. The molecule has 3 rings (SSSR count). The van der Waals surface area contributed by atoms with Crippen LogP contribution in [0.5, 0.6) is 0 Å². The smallest absolute Gasteiger partial charge is 0.338 e. The van der Waals surface area contributed by atoms with E-state index in [9.17, 15) is 27.2 Å². The number of thiophene rings is 2. The molecule has 10 heteroatoms. The number of rotatable bonds is 4. The molecule has 0 N–H and O–H groups in total. The predicted octanol–water partition coefficient (Wildman–Crippen LogP) is 5.27. The summed E-state index contributed by atoms with van der Waals surface area (Å²) in [4.78, 5) is 24.5. The number of carbonyl (C=O) groups is 2. The fraction of sp³-hybridized carbons (Fsp3) is 0.111. The number of carbonyl (C=O) groups excluding carboxylic acids is 2. The van der Waals surface area contributed by atoms with Gasteiger partial charge in [0.2, 0.25) is 10.3 Å². The monoisotopic (exact) mass is 430 g/mol. The van der Waals surface area contributed by atoms with E-state index in [1.165, 1.54) is 12.1 Å². The molecule has 0 saturated heterocycles. The van der Waals surface area contributed by atoms with E-state index in [0.29, 0.717) is 22.7 Å². The first kappa shape index (κ1) is 20.0. The Morgan fingerprint density at radius 1 is 0.714 bits per heavy atom. The lowest BCUT2D eigenvalue weighted by Gasteiger charge is -2.13. The summed E-state index contributed by atoms with van der Waals surface area (Å²) in [5.41, 5.74) is -0.246. The zero-order valence-electron chi connectivity index (χ0n) is 14.3. The van der Waals surface area contributed by atoms with Crippen molar-refractivity contribution < 1.29 is 36.6 Å². The van der Waals surface area contributed by atoms with Crippen molar-refractivity contribution in [2.45, 2.75) is 0 Å². The summed E-state index contributed by atoms with van der Waals surface area (Å²) in [6, 6.07) is 4.08. The standard InChI is InChI=1S/C18H10F4O4S2/c1-25-17(23)9-3-8(14-6-12(20)16(22)28-14)10(18(24)26-2)4-7(9)13-5-11(19)15(21)27-13/h3-6H,1-2H3. The predicted molar refractivity (Wildman–Crippen MR) is 95.6 cm³/mol. The van der Waals surface area contributed by atoms with Crippen LogP contribution in [-0.2, 0) is 9.47 Å². The van der Waals surface area contributed by atoms with Crippen LogP contribution in [0.1, 0.15) is 20.7 Å². The second-order valence-corrected chi connectivity index (χ2v) is 7.40. The van der Waals surface area contributed by atoms with Gasteiger partial charge in [-0.1, -0.05) is 0 Å². The average Bonchev–Trinajstić information content (AvgIpc) is 3.20. The first-order chi connectivity index (χ1) is 13.3. The van der Waals surface area contributed by atoms with Crippen molar-refractivity contribution >= 4 is 34.6 Å². The first-order valence-electron chi connectivity index (χ1n) is 7.51. The number of hydrogen-bond donors (Lipinski definition) is 0. The van der Waals surface area contributed by atoms with E-state index in [2.05, 4.69) is 0 Å². The molecular weight excluding hydrogens is 420 g/mol. The summed E-state index contributed by atoms with van der Waals surface area (Å²) >= 11 is 0.854. The molecule has 0 spiro atoms. The molecule has 2 aromatic heterocycles. The zero-order valence-corrected chi connectivity index (χ0v) is 15.9. The normalized spacial score (nSPS) is 10.8. The Morgan fingerprint density at radius 2 is 1.07 bits per heavy atom. The van der Waals surface area contributed by atoms with E-state index in [1.807, 2.05) is 0 Å². The molecular formula is C18H10F4O4S2. The van der Waals surface area contributed by atoms with E-state index in [1.54, 1.807) is 0 Å². The third-order valence-corrected chi connectivity index (χ3v) is 5.65. The fourth-order valence-electron chi connectivity index (χ4n) is 2.52. The van der Waals surface area contributed by atoms with Crippen LogP contribution in [-0.4, -0.2) is 26.2 Å². The van der Waals surface area contributed by atoms with Crippen LogP contribution in [0, 0.1) is 21.9 Å². The van der Waals surface area contributed by atoms with Crippen molar-refractivity contribution in [3.63, 3.8) is 0 Å². The molecule has 0 aliphatic heterocycles. The van der Waals surface area contributed by atoms with Crippen molar-refractivity contribution in [1.29, 1.82) is 0 Å². The Morgan fingerprint density at radius 3 is 1.32 bits per heavy atom. The summed E-state index contributed by atoms with van der Waals surface area (Å²) in [7, 11) is 2.19. The van der Waals surface area contributed by atoms with E-state index in [4.69, 9.17) is 9.47 Å². The molecule has 4 nitrogen and oxygen atoms in total. The number of methoxy groups -OCH3 is 2. The van der Waals surface area contributed by atoms with Gasteiger partial charge in [-0.3, -0.25) is 0 Å². The van der Waals surface area contributed by atoms with Gasteiger partial charge in [0.1, 0.15) is 0 Å². The molecule has 0 amide bonds. The van der Waals surface area contributed by atoms with Gasteiger partial charge in [0, 0.05) is 20.9 Å². The number of hydrogen-bond acceptors (Lipinski definition) is 6. The fourth-order valence-corrected chi connectivity index (χ4v) is 4.11. The quantitative estimate of drug-likeness (QED) is 0.418. The largest absolute Gasteiger partial charge is 0.465 e. The maximum atomic E-state index is 13.5. The van der Waals surface area contributed by atoms with Crippen LogP contribution in [0.25, 0.3) is 20.9 Å². The molecule has 146 valence electrons. The summed E-state index contributed by atoms with van der Waals surface area (Å²) in [5.74, 6) is -3.97. The summed E-state index contributed by atoms with van der Waals surface area (Å²) in [5, 5.41) is -2.20. The maximum Gasteiger partial charge on any atom is 0.338 e. The SMILES string of the molecule is COC(=O)c1cc(-c2cc(F)c(F)s2)c(C(=O)OC)cc1-c1cc(F)c(F)s1. The van der Waals surface area contributed by atoms with Crippen LogP contribution >= 0.6 is 22.7 Å². The summed E-state index contributed by atoms with van der Waals surface area (Å²) < 4.78 is 63.4. The van der Waals surface area contributed by atoms with Crippen LogP contribution < -0.4 is 0 Å². The Bertz CT molecular complexity index is 963. The van der Waals surface area contributed by atoms with Crippen molar-refractivity contribution in [2.75, 3.05) is 14.2 Å². The van der Waals surface area contributed by atoms with Crippen molar-refractivity contribution in [3.8, 4) is 20.9 Å². The average molecular weight is 430 g/mol. The Kier molecular flexibility index (Phi) is 5.52. The molecule has 3 aromatic rings.